The van der Waals surface area contributed by atoms with Crippen LogP contribution in [0.4, 0.5) is 0 Å². The first kappa shape index (κ1) is 42.3. The van der Waals surface area contributed by atoms with Crippen molar-refractivity contribution < 1.29 is 27.2 Å². The highest BCUT2D eigenvalue weighted by Gasteiger charge is 2.30. The summed E-state index contributed by atoms with van der Waals surface area (Å²) < 4.78 is 43.0. The Hall–Kier alpha value is -4.30. The molecule has 5 aromatic rings. The number of piperidine rings is 1. The van der Waals surface area contributed by atoms with Crippen LogP contribution in [0.15, 0.2) is 45.9 Å². The summed E-state index contributed by atoms with van der Waals surface area (Å²) in [4.78, 5) is 32.7. The quantitative estimate of drug-likeness (QED) is 0.0940. The summed E-state index contributed by atoms with van der Waals surface area (Å²) in [5, 5.41) is 8.93. The van der Waals surface area contributed by atoms with E-state index in [4.69, 9.17) is 37.5 Å². The van der Waals surface area contributed by atoms with Gasteiger partial charge in [-0.05, 0) is 147 Å². The Bertz CT molecular complexity index is 2380. The van der Waals surface area contributed by atoms with Gasteiger partial charge >= 0.3 is 0 Å². The number of aromatic nitrogens is 3. The average molecular weight is 840 g/mol. The standard InChI is InChI=1S/C42H52Cl2N6O6S/c1-23(2)49-17-15-29(16-18-49)22-45-41(51)34-13-14-35(56-34)57(53,54)48-42(52)40-31(10-9-19-55-30-20-25(5)38(44)26(6)21-30)32-11-12-33(43)37(39(32)46-40)36-27(7)47-50(24(3)4)28(36)8/h11-14,20-21,23-24,29,46H,9-10,15-19,22H2,1-8H3,(H,45,51)(H,48,52). The summed E-state index contributed by atoms with van der Waals surface area (Å²) in [6.45, 7) is 18.9. The number of carbonyl (C=O) groups is 2. The maximum absolute atomic E-state index is 14.1. The fraction of sp³-hybridized carbons (Fsp3) is 0.452. The SMILES string of the molecule is Cc1cc(OCCCc2c(C(=O)NS(=O)(=O)c3ccc(C(=O)NCC4CCN(C(C)C)CC4)o3)[nH]c3c(-c4c(C)nn(C(C)C)c4C)c(Cl)ccc23)cc(C)c1Cl. The Morgan fingerprint density at radius 3 is 2.28 bits per heavy atom. The summed E-state index contributed by atoms with van der Waals surface area (Å²) in [5.74, 6) is -0.577. The van der Waals surface area contributed by atoms with Crippen LogP contribution >= 0.6 is 23.2 Å². The number of rotatable bonds is 14. The maximum Gasteiger partial charge on any atom is 0.297 e. The number of furan rings is 1. The number of nitrogens with one attached hydrogen (secondary N) is 3. The first-order valence-corrected chi connectivity index (χ1v) is 21.7. The molecule has 3 aromatic heterocycles. The lowest BCUT2D eigenvalue weighted by atomic mass is 9.96. The number of fused-ring (bicyclic) bond motifs is 1. The van der Waals surface area contributed by atoms with Gasteiger partial charge in [0.05, 0.1) is 22.8 Å². The van der Waals surface area contributed by atoms with E-state index in [9.17, 15) is 18.0 Å². The molecule has 2 aromatic carbocycles. The van der Waals surface area contributed by atoms with Crippen molar-refractivity contribution in [3.63, 3.8) is 0 Å². The van der Waals surface area contributed by atoms with E-state index in [0.717, 1.165) is 54.0 Å². The number of carbonyl (C=O) groups excluding carboxylic acids is 2. The number of nitrogens with zero attached hydrogens (tertiary/aromatic N) is 3. The monoisotopic (exact) mass is 838 g/mol. The molecule has 0 aliphatic carbocycles. The number of benzene rings is 2. The molecule has 0 unspecified atom stereocenters. The Balaban J connectivity index is 1.26. The molecular formula is C42H52Cl2N6O6S. The zero-order valence-corrected chi connectivity index (χ0v) is 36.1. The molecule has 0 radical (unpaired) electrons. The lowest BCUT2D eigenvalue weighted by Crippen LogP contribution is -2.41. The summed E-state index contributed by atoms with van der Waals surface area (Å²) in [6, 6.07) is 10.4. The number of halogens is 2. The number of hydrogen-bond acceptors (Lipinski definition) is 8. The smallest absolute Gasteiger partial charge is 0.297 e. The van der Waals surface area contributed by atoms with Crippen molar-refractivity contribution in [1.82, 2.24) is 29.7 Å². The van der Waals surface area contributed by atoms with Crippen LogP contribution in [0.2, 0.25) is 10.0 Å². The predicted molar refractivity (Wildman–Crippen MR) is 224 cm³/mol. The third kappa shape index (κ3) is 9.06. The van der Waals surface area contributed by atoms with Crippen LogP contribution < -0.4 is 14.8 Å². The molecule has 306 valence electrons. The third-order valence-corrected chi connectivity index (χ3v) is 12.9. The molecule has 1 saturated heterocycles. The number of aromatic amines is 1. The van der Waals surface area contributed by atoms with Gasteiger partial charge in [0.15, 0.2) is 5.76 Å². The zero-order valence-electron chi connectivity index (χ0n) is 33.8. The molecule has 4 heterocycles. The number of hydrogen-bond donors (Lipinski definition) is 3. The lowest BCUT2D eigenvalue weighted by Gasteiger charge is -2.34. The van der Waals surface area contributed by atoms with Gasteiger partial charge in [-0.25, -0.2) is 4.72 Å². The van der Waals surface area contributed by atoms with Gasteiger partial charge < -0.3 is 24.4 Å². The van der Waals surface area contributed by atoms with Crippen LogP contribution in [-0.4, -0.2) is 72.2 Å². The highest BCUT2D eigenvalue weighted by atomic mass is 35.5. The molecule has 1 fully saturated rings. The van der Waals surface area contributed by atoms with Crippen LogP contribution in [0.25, 0.3) is 22.0 Å². The minimum atomic E-state index is -4.53. The topological polar surface area (TPSA) is 152 Å². The number of likely N-dealkylation sites (tertiary alicyclic amines) is 1. The number of aryl methyl sites for hydroxylation is 4. The summed E-state index contributed by atoms with van der Waals surface area (Å²) in [7, 11) is -4.53. The van der Waals surface area contributed by atoms with Gasteiger partial charge in [-0.1, -0.05) is 29.3 Å². The van der Waals surface area contributed by atoms with E-state index in [1.54, 1.807) is 6.07 Å². The van der Waals surface area contributed by atoms with Gasteiger partial charge in [-0.3, -0.25) is 14.3 Å². The average Bonchev–Trinajstić information content (AvgIpc) is 3.88. The molecule has 6 rings (SSSR count). The molecule has 0 bridgehead atoms. The first-order chi connectivity index (χ1) is 27.0. The molecule has 57 heavy (non-hydrogen) atoms. The van der Waals surface area contributed by atoms with Crippen LogP contribution in [-0.2, 0) is 16.4 Å². The first-order valence-electron chi connectivity index (χ1n) is 19.4. The summed E-state index contributed by atoms with van der Waals surface area (Å²) in [6.07, 6.45) is 2.78. The predicted octanol–water partition coefficient (Wildman–Crippen LogP) is 8.73. The minimum absolute atomic E-state index is 0.0508. The highest BCUT2D eigenvalue weighted by molar-refractivity contribution is 7.90. The van der Waals surface area contributed by atoms with E-state index in [1.165, 1.54) is 12.1 Å². The third-order valence-electron chi connectivity index (χ3n) is 10.8. The molecular weight excluding hydrogens is 787 g/mol. The molecule has 15 heteroatoms. The van der Waals surface area contributed by atoms with Gasteiger partial charge in [-0.2, -0.15) is 13.5 Å². The van der Waals surface area contributed by atoms with Crippen molar-refractivity contribution in [2.24, 2.45) is 5.92 Å². The molecule has 0 spiro atoms. The Morgan fingerprint density at radius 1 is 0.965 bits per heavy atom. The van der Waals surface area contributed by atoms with Crippen molar-refractivity contribution in [3.05, 3.63) is 86.0 Å². The van der Waals surface area contributed by atoms with E-state index in [0.29, 0.717) is 75.8 Å². The van der Waals surface area contributed by atoms with Crippen molar-refractivity contribution in [2.75, 3.05) is 26.2 Å². The second-order valence-corrected chi connectivity index (χ2v) is 18.0. The molecule has 1 aliphatic rings. The van der Waals surface area contributed by atoms with Gasteiger partial charge in [0.1, 0.15) is 11.4 Å². The van der Waals surface area contributed by atoms with Crippen LogP contribution in [0.5, 0.6) is 5.75 Å². The van der Waals surface area contributed by atoms with Crippen molar-refractivity contribution >= 4 is 55.9 Å². The second kappa shape index (κ2) is 17.3. The fourth-order valence-corrected chi connectivity index (χ4v) is 9.01. The molecule has 0 saturated carbocycles. The van der Waals surface area contributed by atoms with Gasteiger partial charge in [0, 0.05) is 45.9 Å². The van der Waals surface area contributed by atoms with Gasteiger partial charge in [-0.15, -0.1) is 0 Å². The van der Waals surface area contributed by atoms with Gasteiger partial charge in [0.25, 0.3) is 21.8 Å². The Morgan fingerprint density at radius 2 is 1.65 bits per heavy atom. The highest BCUT2D eigenvalue weighted by Crippen LogP contribution is 2.41. The fourth-order valence-electron chi connectivity index (χ4n) is 7.76. The van der Waals surface area contributed by atoms with E-state index in [2.05, 4.69) is 33.8 Å². The molecule has 2 amide bonds. The summed E-state index contributed by atoms with van der Waals surface area (Å²) >= 11 is 13.3. The molecule has 0 atom stereocenters. The van der Waals surface area contributed by atoms with E-state index < -0.39 is 26.9 Å². The molecule has 12 nitrogen and oxygen atoms in total. The van der Waals surface area contributed by atoms with E-state index in [-0.39, 0.29) is 17.5 Å². The van der Waals surface area contributed by atoms with Crippen molar-refractivity contribution in [3.8, 4) is 16.9 Å². The normalized spacial score (nSPS) is 14.2. The molecule has 3 N–H and O–H groups in total. The molecule has 1 aliphatic heterocycles. The number of ether oxygens (including phenoxy) is 1. The number of sulfonamides is 1. The Kier molecular flexibility index (Phi) is 12.8. The lowest BCUT2D eigenvalue weighted by molar-refractivity contribution is 0.0897. The second-order valence-electron chi connectivity index (χ2n) is 15.6. The largest absolute Gasteiger partial charge is 0.494 e. The van der Waals surface area contributed by atoms with Crippen molar-refractivity contribution in [2.45, 2.75) is 98.2 Å². The van der Waals surface area contributed by atoms with Crippen molar-refractivity contribution in [1.29, 1.82) is 0 Å². The maximum atomic E-state index is 14.1. The number of H-pyrrole nitrogens is 1. The van der Waals surface area contributed by atoms with Gasteiger partial charge in [0.2, 0.25) is 5.09 Å². The Labute approximate surface area is 344 Å². The zero-order chi connectivity index (χ0) is 41.3. The van der Waals surface area contributed by atoms with E-state index >= 15 is 0 Å². The van der Waals surface area contributed by atoms with Crippen LogP contribution in [0.3, 0.4) is 0 Å². The van der Waals surface area contributed by atoms with E-state index in [1.807, 2.05) is 64.4 Å². The van der Waals surface area contributed by atoms with Crippen LogP contribution in [0.1, 0.15) is 102 Å². The number of amides is 2. The minimum Gasteiger partial charge on any atom is -0.494 e. The summed E-state index contributed by atoms with van der Waals surface area (Å²) in [5.41, 5.74) is 6.17. The van der Waals surface area contributed by atoms with Crippen LogP contribution in [0, 0.1) is 33.6 Å².